The molecule has 0 spiro atoms. The van der Waals surface area contributed by atoms with E-state index >= 15 is 0 Å². The van der Waals surface area contributed by atoms with Gasteiger partial charge in [-0.15, -0.1) is 0 Å². The molecule has 1 aliphatic rings. The van der Waals surface area contributed by atoms with Crippen molar-refractivity contribution in [2.45, 2.75) is 36.5 Å². The third kappa shape index (κ3) is 5.33. The Kier molecular flexibility index (Phi) is 6.65. The lowest BCUT2D eigenvalue weighted by Gasteiger charge is -2.31. The summed E-state index contributed by atoms with van der Waals surface area (Å²) in [4.78, 5) is 11.5. The van der Waals surface area contributed by atoms with Crippen LogP contribution in [0.4, 0.5) is 4.39 Å². The van der Waals surface area contributed by atoms with Crippen LogP contribution in [0.2, 0.25) is 0 Å². The lowest BCUT2D eigenvalue weighted by Crippen LogP contribution is -2.49. The SMILES string of the molecule is CCNC(=O)C[C@@H]1C=C[C@@H](NS(=O)(=O)c2ccc(F)cc2)[C@H](CO)O1. The van der Waals surface area contributed by atoms with Gasteiger partial charge in [0, 0.05) is 6.54 Å². The Bertz CT molecular complexity index is 721. The van der Waals surface area contributed by atoms with Crippen LogP contribution in [0.25, 0.3) is 0 Å². The number of nitrogens with one attached hydrogen (secondary N) is 2. The third-order valence-electron chi connectivity index (χ3n) is 3.64. The lowest BCUT2D eigenvalue weighted by atomic mass is 10.1. The second-order valence-corrected chi connectivity index (χ2v) is 7.25. The topological polar surface area (TPSA) is 105 Å². The van der Waals surface area contributed by atoms with Gasteiger partial charge in [0.05, 0.1) is 30.1 Å². The number of benzene rings is 1. The molecular weight excluding hydrogens is 351 g/mol. The zero-order valence-corrected chi connectivity index (χ0v) is 14.5. The number of aliphatic hydroxyl groups excluding tert-OH is 1. The van der Waals surface area contributed by atoms with E-state index in [1.54, 1.807) is 19.1 Å². The summed E-state index contributed by atoms with van der Waals surface area (Å²) >= 11 is 0. The predicted molar refractivity (Wildman–Crippen MR) is 88.7 cm³/mol. The summed E-state index contributed by atoms with van der Waals surface area (Å²) in [6.07, 6.45) is 1.84. The Labute approximate surface area is 145 Å². The van der Waals surface area contributed by atoms with E-state index in [0.717, 1.165) is 24.3 Å². The molecule has 0 saturated carbocycles. The molecule has 0 bridgehead atoms. The summed E-state index contributed by atoms with van der Waals surface area (Å²) in [5.41, 5.74) is 0. The van der Waals surface area contributed by atoms with Crippen molar-refractivity contribution >= 4 is 15.9 Å². The molecule has 3 atom stereocenters. The molecule has 0 unspecified atom stereocenters. The predicted octanol–water partition coefficient (Wildman–Crippen LogP) is 0.315. The zero-order valence-electron chi connectivity index (χ0n) is 13.7. The van der Waals surface area contributed by atoms with Crippen LogP contribution in [0, 0.1) is 5.82 Å². The van der Waals surface area contributed by atoms with Gasteiger partial charge in [-0.05, 0) is 31.2 Å². The second kappa shape index (κ2) is 8.52. The summed E-state index contributed by atoms with van der Waals surface area (Å²) in [7, 11) is -3.91. The van der Waals surface area contributed by atoms with Crippen LogP contribution in [0.1, 0.15) is 13.3 Å². The third-order valence-corrected chi connectivity index (χ3v) is 5.11. The summed E-state index contributed by atoms with van der Waals surface area (Å²) in [6, 6.07) is 3.60. The van der Waals surface area contributed by atoms with E-state index in [1.807, 2.05) is 0 Å². The summed E-state index contributed by atoms with van der Waals surface area (Å²) in [5, 5.41) is 12.1. The first-order valence-corrected chi connectivity index (χ1v) is 9.33. The van der Waals surface area contributed by atoms with Crippen LogP contribution < -0.4 is 10.0 Å². The highest BCUT2D eigenvalue weighted by Crippen LogP contribution is 2.18. The minimum absolute atomic E-state index is 0.0816. The molecule has 0 aromatic heterocycles. The van der Waals surface area contributed by atoms with Crippen molar-refractivity contribution in [1.82, 2.24) is 10.0 Å². The van der Waals surface area contributed by atoms with Crippen LogP contribution in [-0.2, 0) is 19.6 Å². The number of rotatable bonds is 7. The van der Waals surface area contributed by atoms with Crippen molar-refractivity contribution in [2.75, 3.05) is 13.2 Å². The van der Waals surface area contributed by atoms with Gasteiger partial charge in [-0.1, -0.05) is 12.2 Å². The van der Waals surface area contributed by atoms with Crippen LogP contribution in [-0.4, -0.2) is 50.8 Å². The molecule has 25 heavy (non-hydrogen) atoms. The lowest BCUT2D eigenvalue weighted by molar-refractivity contribution is -0.125. The maximum atomic E-state index is 12.9. The van der Waals surface area contributed by atoms with E-state index in [0.29, 0.717) is 6.54 Å². The normalized spacial score (nSPS) is 23.4. The Balaban J connectivity index is 2.08. The quantitative estimate of drug-likeness (QED) is 0.598. The van der Waals surface area contributed by atoms with E-state index in [-0.39, 0.29) is 17.2 Å². The van der Waals surface area contributed by atoms with Gasteiger partial charge in [-0.25, -0.2) is 17.5 Å². The van der Waals surface area contributed by atoms with Gasteiger partial charge in [-0.3, -0.25) is 4.79 Å². The molecule has 2 rings (SSSR count). The maximum absolute atomic E-state index is 12.9. The van der Waals surface area contributed by atoms with Gasteiger partial charge in [0.1, 0.15) is 11.9 Å². The highest BCUT2D eigenvalue weighted by atomic mass is 32.2. The first kappa shape index (κ1) is 19.5. The molecule has 0 saturated heterocycles. The van der Waals surface area contributed by atoms with Crippen molar-refractivity contribution in [1.29, 1.82) is 0 Å². The first-order chi connectivity index (χ1) is 11.9. The fourth-order valence-corrected chi connectivity index (χ4v) is 3.64. The number of hydrogen-bond acceptors (Lipinski definition) is 5. The largest absolute Gasteiger partial charge is 0.394 e. The fourth-order valence-electron chi connectivity index (χ4n) is 2.42. The van der Waals surface area contributed by atoms with Gasteiger partial charge < -0.3 is 15.2 Å². The standard InChI is InChI=1S/C16H21FN2O5S/c1-2-18-16(21)9-12-5-8-14(15(10-20)24-12)19-25(22,23)13-6-3-11(17)4-7-13/h3-8,12,14-15,19-20H,2,9-10H2,1H3,(H,18,21)/t12-,14+,15-/m0/s1. The van der Waals surface area contributed by atoms with Crippen LogP contribution in [0.15, 0.2) is 41.3 Å². The van der Waals surface area contributed by atoms with Gasteiger partial charge in [0.2, 0.25) is 15.9 Å². The van der Waals surface area contributed by atoms with Gasteiger partial charge in [-0.2, -0.15) is 0 Å². The monoisotopic (exact) mass is 372 g/mol. The molecule has 0 radical (unpaired) electrons. The number of aliphatic hydroxyl groups is 1. The van der Waals surface area contributed by atoms with E-state index < -0.39 is 40.7 Å². The molecule has 7 nitrogen and oxygen atoms in total. The number of carbonyl (C=O) groups excluding carboxylic acids is 1. The van der Waals surface area contributed by atoms with Crippen LogP contribution in [0.5, 0.6) is 0 Å². The van der Waals surface area contributed by atoms with Crippen molar-refractivity contribution in [3.63, 3.8) is 0 Å². The van der Waals surface area contributed by atoms with Crippen LogP contribution in [0.3, 0.4) is 0 Å². The highest BCUT2D eigenvalue weighted by molar-refractivity contribution is 7.89. The minimum Gasteiger partial charge on any atom is -0.394 e. The second-order valence-electron chi connectivity index (χ2n) is 5.54. The number of carbonyl (C=O) groups is 1. The summed E-state index contributed by atoms with van der Waals surface area (Å²) < 4.78 is 45.6. The highest BCUT2D eigenvalue weighted by Gasteiger charge is 2.31. The van der Waals surface area contributed by atoms with Gasteiger partial charge in [0.25, 0.3) is 0 Å². The van der Waals surface area contributed by atoms with Crippen LogP contribution >= 0.6 is 0 Å². The van der Waals surface area contributed by atoms with Gasteiger partial charge in [0.15, 0.2) is 0 Å². The number of ether oxygens (including phenoxy) is 1. The van der Waals surface area contributed by atoms with E-state index in [1.165, 1.54) is 0 Å². The van der Waals surface area contributed by atoms with E-state index in [4.69, 9.17) is 4.74 Å². The Morgan fingerprint density at radius 3 is 2.56 bits per heavy atom. The molecule has 1 aromatic rings. The minimum atomic E-state index is -3.91. The summed E-state index contributed by atoms with van der Waals surface area (Å²) in [6.45, 7) is 1.87. The number of halogens is 1. The Morgan fingerprint density at radius 2 is 1.96 bits per heavy atom. The van der Waals surface area contributed by atoms with Crippen molar-refractivity contribution in [3.05, 3.63) is 42.2 Å². The van der Waals surface area contributed by atoms with E-state index in [9.17, 15) is 22.7 Å². The van der Waals surface area contributed by atoms with Crippen molar-refractivity contribution in [2.24, 2.45) is 0 Å². The first-order valence-electron chi connectivity index (χ1n) is 7.85. The molecule has 9 heteroatoms. The Morgan fingerprint density at radius 1 is 1.28 bits per heavy atom. The molecule has 1 heterocycles. The molecule has 3 N–H and O–H groups in total. The van der Waals surface area contributed by atoms with Gasteiger partial charge >= 0.3 is 0 Å². The molecule has 0 fully saturated rings. The van der Waals surface area contributed by atoms with Crippen molar-refractivity contribution in [3.8, 4) is 0 Å². The zero-order chi connectivity index (χ0) is 18.4. The maximum Gasteiger partial charge on any atom is 0.241 e. The van der Waals surface area contributed by atoms with E-state index in [2.05, 4.69) is 10.0 Å². The van der Waals surface area contributed by atoms with Crippen molar-refractivity contribution < 1.29 is 27.4 Å². The molecular formula is C16H21FN2O5S. The molecule has 1 aromatic carbocycles. The Hall–Kier alpha value is -1.81. The number of sulfonamides is 1. The average molecular weight is 372 g/mol. The molecule has 1 aliphatic heterocycles. The average Bonchev–Trinajstić information content (AvgIpc) is 2.56. The smallest absolute Gasteiger partial charge is 0.241 e. The number of amides is 1. The molecule has 138 valence electrons. The fraction of sp³-hybridized carbons (Fsp3) is 0.438. The summed E-state index contributed by atoms with van der Waals surface area (Å²) in [5.74, 6) is -0.736. The number of hydrogen-bond donors (Lipinski definition) is 3. The molecule has 1 amide bonds. The molecule has 0 aliphatic carbocycles.